The summed E-state index contributed by atoms with van der Waals surface area (Å²) in [4.78, 5) is 11.9. The van der Waals surface area contributed by atoms with Crippen molar-refractivity contribution in [3.8, 4) is 5.75 Å². The number of nitrogens with one attached hydrogen (secondary N) is 1. The van der Waals surface area contributed by atoms with Crippen molar-refractivity contribution in [3.05, 3.63) is 66.2 Å². The summed E-state index contributed by atoms with van der Waals surface area (Å²) >= 11 is 0. The molecule has 1 N–H and O–H groups in total. The quantitative estimate of drug-likeness (QED) is 0.601. The van der Waals surface area contributed by atoms with Gasteiger partial charge < -0.3 is 14.8 Å². The monoisotopic (exact) mass is 363 g/mol. The Morgan fingerprint density at radius 2 is 1.52 bits per heavy atom. The van der Waals surface area contributed by atoms with E-state index in [0.29, 0.717) is 6.42 Å². The summed E-state index contributed by atoms with van der Waals surface area (Å²) in [6.45, 7) is 3.80. The number of anilines is 2. The highest BCUT2D eigenvalue weighted by Crippen LogP contribution is 2.27. The van der Waals surface area contributed by atoms with E-state index in [1.807, 2.05) is 50.2 Å². The number of esters is 1. The number of fused-ring (bicyclic) bond motifs is 1. The maximum absolute atomic E-state index is 11.9. The van der Waals surface area contributed by atoms with Gasteiger partial charge in [-0.25, -0.2) is 0 Å². The van der Waals surface area contributed by atoms with E-state index in [9.17, 15) is 4.79 Å². The van der Waals surface area contributed by atoms with Gasteiger partial charge in [0.1, 0.15) is 5.75 Å². The molecule has 0 spiro atoms. The zero-order valence-corrected chi connectivity index (χ0v) is 16.2. The molecule has 0 aliphatic heterocycles. The first kappa shape index (κ1) is 18.8. The Morgan fingerprint density at radius 3 is 2.19 bits per heavy atom. The van der Waals surface area contributed by atoms with Crippen molar-refractivity contribution in [2.75, 3.05) is 19.5 Å². The highest BCUT2D eigenvalue weighted by molar-refractivity contribution is 5.87. The number of benzene rings is 3. The Kier molecular flexibility index (Phi) is 5.36. The maximum atomic E-state index is 11.9. The standard InChI is InChI=1S/C23H25NO3/c1-23(2,22(25)27-4)15-16-5-9-19(10-6-16)24-20-11-7-18-14-21(26-3)12-8-17(18)13-20/h5-14,24H,15H2,1-4H3. The molecule has 0 saturated heterocycles. The second kappa shape index (κ2) is 7.70. The fourth-order valence-electron chi connectivity index (χ4n) is 3.16. The fourth-order valence-corrected chi connectivity index (χ4v) is 3.16. The number of hydrogen-bond acceptors (Lipinski definition) is 4. The highest BCUT2D eigenvalue weighted by Gasteiger charge is 2.28. The first-order chi connectivity index (χ1) is 12.9. The number of carbonyl (C=O) groups is 1. The van der Waals surface area contributed by atoms with Gasteiger partial charge in [0.05, 0.1) is 19.6 Å². The minimum Gasteiger partial charge on any atom is -0.497 e. The summed E-state index contributed by atoms with van der Waals surface area (Å²) in [5, 5.41) is 5.72. The second-order valence-electron chi connectivity index (χ2n) is 7.30. The van der Waals surface area contributed by atoms with Gasteiger partial charge in [0.2, 0.25) is 0 Å². The summed E-state index contributed by atoms with van der Waals surface area (Å²) in [5.74, 6) is 0.658. The second-order valence-corrected chi connectivity index (χ2v) is 7.30. The van der Waals surface area contributed by atoms with Crippen LogP contribution in [-0.2, 0) is 16.0 Å². The molecule has 0 aliphatic carbocycles. The summed E-state index contributed by atoms with van der Waals surface area (Å²) < 4.78 is 10.2. The van der Waals surface area contributed by atoms with Crippen molar-refractivity contribution in [3.63, 3.8) is 0 Å². The fraction of sp³-hybridized carbons (Fsp3) is 0.261. The molecule has 3 rings (SSSR count). The molecule has 4 nitrogen and oxygen atoms in total. The molecule has 0 atom stereocenters. The van der Waals surface area contributed by atoms with Gasteiger partial charge in [0, 0.05) is 11.4 Å². The minimum absolute atomic E-state index is 0.197. The average Bonchev–Trinajstić information content (AvgIpc) is 2.68. The smallest absolute Gasteiger partial charge is 0.311 e. The van der Waals surface area contributed by atoms with Crippen LogP contribution in [0.15, 0.2) is 60.7 Å². The Balaban J connectivity index is 1.73. The molecule has 27 heavy (non-hydrogen) atoms. The molecule has 3 aromatic carbocycles. The Bertz CT molecular complexity index is 945. The Labute approximate surface area is 160 Å². The van der Waals surface area contributed by atoms with E-state index in [1.165, 1.54) is 7.11 Å². The highest BCUT2D eigenvalue weighted by atomic mass is 16.5. The van der Waals surface area contributed by atoms with Crippen LogP contribution < -0.4 is 10.1 Å². The molecule has 0 radical (unpaired) electrons. The number of ether oxygens (including phenoxy) is 2. The molecule has 0 aliphatic rings. The van der Waals surface area contributed by atoms with Gasteiger partial charge in [-0.05, 0) is 73.0 Å². The van der Waals surface area contributed by atoms with Crippen molar-refractivity contribution >= 4 is 28.1 Å². The molecule has 0 heterocycles. The summed E-state index contributed by atoms with van der Waals surface area (Å²) in [6.07, 6.45) is 0.637. The first-order valence-electron chi connectivity index (χ1n) is 8.93. The topological polar surface area (TPSA) is 47.6 Å². The predicted octanol–water partition coefficient (Wildman–Crippen LogP) is 5.33. The molecule has 0 saturated carbocycles. The van der Waals surface area contributed by atoms with Gasteiger partial charge in [-0.1, -0.05) is 24.3 Å². The SMILES string of the molecule is COC(=O)C(C)(C)Cc1ccc(Nc2ccc3cc(OC)ccc3c2)cc1. The van der Waals surface area contributed by atoms with Crippen LogP contribution in [0.4, 0.5) is 11.4 Å². The van der Waals surface area contributed by atoms with E-state index >= 15 is 0 Å². The third kappa shape index (κ3) is 4.40. The van der Waals surface area contributed by atoms with Crippen molar-refractivity contribution in [1.82, 2.24) is 0 Å². The number of carbonyl (C=O) groups excluding carboxylic acids is 1. The van der Waals surface area contributed by atoms with Gasteiger partial charge >= 0.3 is 5.97 Å². The third-order valence-electron chi connectivity index (χ3n) is 4.67. The Morgan fingerprint density at radius 1 is 0.889 bits per heavy atom. The van der Waals surface area contributed by atoms with E-state index < -0.39 is 5.41 Å². The van der Waals surface area contributed by atoms with E-state index in [4.69, 9.17) is 9.47 Å². The molecular formula is C23H25NO3. The van der Waals surface area contributed by atoms with Crippen LogP contribution in [0.1, 0.15) is 19.4 Å². The van der Waals surface area contributed by atoms with Gasteiger partial charge in [-0.15, -0.1) is 0 Å². The van der Waals surface area contributed by atoms with E-state index in [1.54, 1.807) is 7.11 Å². The first-order valence-corrected chi connectivity index (χ1v) is 8.93. The third-order valence-corrected chi connectivity index (χ3v) is 4.67. The molecular weight excluding hydrogens is 338 g/mol. The lowest BCUT2D eigenvalue weighted by Gasteiger charge is -2.21. The molecule has 0 bridgehead atoms. The Hall–Kier alpha value is -3.01. The van der Waals surface area contributed by atoms with Crippen LogP contribution in [-0.4, -0.2) is 20.2 Å². The molecule has 0 unspecified atom stereocenters. The number of methoxy groups -OCH3 is 2. The van der Waals surface area contributed by atoms with E-state index in [2.05, 4.69) is 29.6 Å². The predicted molar refractivity (Wildman–Crippen MR) is 110 cm³/mol. The van der Waals surface area contributed by atoms with Crippen LogP contribution in [0, 0.1) is 5.41 Å². The number of rotatable bonds is 6. The van der Waals surface area contributed by atoms with Gasteiger partial charge in [-0.3, -0.25) is 4.79 Å². The summed E-state index contributed by atoms with van der Waals surface area (Å²) in [5.41, 5.74) is 2.59. The molecule has 0 fully saturated rings. The lowest BCUT2D eigenvalue weighted by Crippen LogP contribution is -2.27. The molecule has 0 amide bonds. The van der Waals surface area contributed by atoms with Crippen molar-refractivity contribution in [2.24, 2.45) is 5.41 Å². The van der Waals surface area contributed by atoms with E-state index in [0.717, 1.165) is 33.5 Å². The molecule has 0 aromatic heterocycles. The molecule has 140 valence electrons. The van der Waals surface area contributed by atoms with Crippen LogP contribution in [0.5, 0.6) is 5.75 Å². The van der Waals surface area contributed by atoms with Gasteiger partial charge in [0.25, 0.3) is 0 Å². The molecule has 3 aromatic rings. The minimum atomic E-state index is -0.539. The average molecular weight is 363 g/mol. The summed E-state index contributed by atoms with van der Waals surface area (Å²) in [7, 11) is 3.10. The van der Waals surface area contributed by atoms with Gasteiger partial charge in [0.15, 0.2) is 0 Å². The van der Waals surface area contributed by atoms with E-state index in [-0.39, 0.29) is 5.97 Å². The van der Waals surface area contributed by atoms with Crippen LogP contribution in [0.2, 0.25) is 0 Å². The van der Waals surface area contributed by atoms with Crippen molar-refractivity contribution < 1.29 is 14.3 Å². The van der Waals surface area contributed by atoms with Crippen LogP contribution in [0.25, 0.3) is 10.8 Å². The van der Waals surface area contributed by atoms with Crippen LogP contribution in [0.3, 0.4) is 0 Å². The number of hydrogen-bond donors (Lipinski definition) is 1. The van der Waals surface area contributed by atoms with Crippen LogP contribution >= 0.6 is 0 Å². The van der Waals surface area contributed by atoms with Crippen molar-refractivity contribution in [2.45, 2.75) is 20.3 Å². The lowest BCUT2D eigenvalue weighted by molar-refractivity contribution is -0.150. The van der Waals surface area contributed by atoms with Gasteiger partial charge in [-0.2, -0.15) is 0 Å². The largest absolute Gasteiger partial charge is 0.497 e. The maximum Gasteiger partial charge on any atom is 0.311 e. The summed E-state index contributed by atoms with van der Waals surface area (Å²) in [6, 6.07) is 20.4. The normalized spacial score (nSPS) is 11.3. The lowest BCUT2D eigenvalue weighted by atomic mass is 9.86. The molecule has 4 heteroatoms. The zero-order valence-electron chi connectivity index (χ0n) is 16.2. The zero-order chi connectivity index (χ0) is 19.4. The van der Waals surface area contributed by atoms with Crippen molar-refractivity contribution in [1.29, 1.82) is 0 Å².